The summed E-state index contributed by atoms with van der Waals surface area (Å²) in [6.45, 7) is 7.06. The molecule has 2 aromatic carbocycles. The fraction of sp³-hybridized carbons (Fsp3) is 0.405. The number of ether oxygens (including phenoxy) is 3. The highest BCUT2D eigenvalue weighted by Gasteiger charge is 2.33. The molecule has 64 heavy (non-hydrogen) atoms. The summed E-state index contributed by atoms with van der Waals surface area (Å²) in [4.78, 5) is 43.9. The molecule has 4 heterocycles. The normalized spacial score (nSPS) is 14.7. The van der Waals surface area contributed by atoms with Crippen LogP contribution in [-0.4, -0.2) is 117 Å². The molecule has 1 amide bonds. The molecule has 2 aromatic heterocycles. The minimum Gasteiger partial charge on any atom is -0.465 e. The molecule has 6 rings (SSSR count). The number of esters is 2. The van der Waals surface area contributed by atoms with Crippen LogP contribution in [0.25, 0.3) is 0 Å². The van der Waals surface area contributed by atoms with Gasteiger partial charge in [0, 0.05) is 62.6 Å². The van der Waals surface area contributed by atoms with E-state index in [1.54, 1.807) is 63.5 Å². The van der Waals surface area contributed by atoms with E-state index >= 15 is 0 Å². The van der Waals surface area contributed by atoms with E-state index < -0.39 is 55.7 Å². The molecular weight excluding hydrogens is 945 g/mol. The summed E-state index contributed by atoms with van der Waals surface area (Å²) in [6.07, 6.45) is 8.14. The largest absolute Gasteiger partial charge is 0.465 e. The van der Waals surface area contributed by atoms with Crippen LogP contribution < -0.4 is 9.03 Å². The number of anilines is 2. The third-order valence-electron chi connectivity index (χ3n) is 9.40. The van der Waals surface area contributed by atoms with Crippen LogP contribution in [0.1, 0.15) is 71.9 Å². The third kappa shape index (κ3) is 14.9. The number of hydrogen-bond donors (Lipinski definition) is 1. The summed E-state index contributed by atoms with van der Waals surface area (Å²) >= 11 is 3.13. The Labute approximate surface area is 381 Å². The van der Waals surface area contributed by atoms with E-state index in [0.29, 0.717) is 48.4 Å². The highest BCUT2D eigenvalue weighted by Crippen LogP contribution is 2.26. The Morgan fingerprint density at radius 3 is 1.77 bits per heavy atom. The second-order valence-corrected chi connectivity index (χ2v) is 19.2. The molecule has 0 atom stereocenters. The van der Waals surface area contributed by atoms with E-state index in [9.17, 15) is 40.0 Å². The maximum atomic E-state index is 14.6. The van der Waals surface area contributed by atoms with Crippen molar-refractivity contribution in [3.05, 3.63) is 119 Å². The molecule has 0 aliphatic carbocycles. The molecule has 2 saturated heterocycles. The van der Waals surface area contributed by atoms with Crippen LogP contribution in [0.15, 0.2) is 85.5 Å². The van der Waals surface area contributed by atoms with Crippen molar-refractivity contribution in [1.29, 1.82) is 0 Å². The fourth-order valence-corrected chi connectivity index (χ4v) is 9.41. The molecule has 0 radical (unpaired) electrons. The lowest BCUT2D eigenvalue weighted by molar-refractivity contribution is 0.0192. The van der Waals surface area contributed by atoms with Crippen LogP contribution in [0.2, 0.25) is 0 Å². The van der Waals surface area contributed by atoms with Crippen LogP contribution in [0.5, 0.6) is 0 Å². The molecular formula is C42H52BrF2N7O10S2. The number of pyridine rings is 2. The van der Waals surface area contributed by atoms with Gasteiger partial charge < -0.3 is 19.1 Å². The summed E-state index contributed by atoms with van der Waals surface area (Å²) in [5, 5.41) is 0.431. The van der Waals surface area contributed by atoms with Gasteiger partial charge in [0.2, 0.25) is 0 Å². The van der Waals surface area contributed by atoms with E-state index in [-0.39, 0.29) is 36.3 Å². The van der Waals surface area contributed by atoms with Gasteiger partial charge in [0.25, 0.3) is 0 Å². The zero-order valence-electron chi connectivity index (χ0n) is 36.1. The molecule has 0 bridgehead atoms. The van der Waals surface area contributed by atoms with Crippen molar-refractivity contribution in [3.63, 3.8) is 0 Å². The van der Waals surface area contributed by atoms with Crippen molar-refractivity contribution in [3.8, 4) is 0 Å². The number of aromatic nitrogens is 2. The Morgan fingerprint density at radius 1 is 0.750 bits per heavy atom. The SMILES string of the molecule is CC(C)(C)OC(=O)N1CCN(S(=O)(=O)Nc2cccnc2)CC1.COC(=O)c1ccc(CBr)c(F)c1.COC(=O)c1ccc(CN(c2cccnc2)S(=O)(=O)N2CCCCC2)c(F)c1. The molecule has 22 heteroatoms. The predicted molar refractivity (Wildman–Crippen MR) is 239 cm³/mol. The topological polar surface area (TPSA) is 198 Å². The van der Waals surface area contributed by atoms with Crippen molar-refractivity contribution in [2.24, 2.45) is 0 Å². The number of methoxy groups -OCH3 is 2. The van der Waals surface area contributed by atoms with Crippen LogP contribution in [0.4, 0.5) is 25.0 Å². The lowest BCUT2D eigenvalue weighted by atomic mass is 10.1. The van der Waals surface area contributed by atoms with Gasteiger partial charge in [-0.3, -0.25) is 19.0 Å². The van der Waals surface area contributed by atoms with Gasteiger partial charge >= 0.3 is 38.5 Å². The van der Waals surface area contributed by atoms with E-state index in [2.05, 4.69) is 40.1 Å². The number of benzene rings is 2. The molecule has 17 nitrogen and oxygen atoms in total. The van der Waals surface area contributed by atoms with Crippen molar-refractivity contribution < 1.29 is 54.2 Å². The van der Waals surface area contributed by atoms with Gasteiger partial charge in [-0.1, -0.05) is 34.5 Å². The molecule has 0 unspecified atom stereocenters. The first-order chi connectivity index (χ1) is 30.3. The minimum absolute atomic E-state index is 0.0653. The number of halogens is 3. The predicted octanol–water partition coefficient (Wildman–Crippen LogP) is 6.54. The molecule has 2 aliphatic rings. The van der Waals surface area contributed by atoms with Crippen molar-refractivity contribution in [1.82, 2.24) is 23.5 Å². The van der Waals surface area contributed by atoms with Gasteiger partial charge in [0.15, 0.2) is 0 Å². The second-order valence-electron chi connectivity index (χ2n) is 15.1. The number of rotatable bonds is 11. The standard InChI is InChI=1S/C19H22FN3O4S.C14H22N4O4S.C9H8BrFO2/c1-27-19(24)15-7-8-16(18(20)12-15)14-23(17-6-5-9-21-13-17)28(25,26)22-10-3-2-4-11-22;1-14(2,3)22-13(19)17-7-9-18(10-8-17)23(20,21)16-12-5-4-6-15-11-12;1-13-9(12)6-2-3-7(5-10)8(11)4-6/h5-9,12-13H,2-4,10-11,14H2,1H3;4-6,11,16H,7-10H2,1-3H3;2-4H,5H2,1H3. The number of piperidine rings is 1. The number of nitrogens with zero attached hydrogens (tertiary/aromatic N) is 6. The van der Waals surface area contributed by atoms with E-state index in [4.69, 9.17) is 4.74 Å². The highest BCUT2D eigenvalue weighted by molar-refractivity contribution is 9.08. The first kappa shape index (κ1) is 51.3. The maximum absolute atomic E-state index is 14.6. The number of alkyl halides is 1. The molecule has 1 N–H and O–H groups in total. The average molecular weight is 997 g/mol. The zero-order valence-corrected chi connectivity index (χ0v) is 39.3. The first-order valence-electron chi connectivity index (χ1n) is 19.9. The van der Waals surface area contributed by atoms with Crippen LogP contribution >= 0.6 is 15.9 Å². The van der Waals surface area contributed by atoms with Gasteiger partial charge in [-0.25, -0.2) is 23.2 Å². The smallest absolute Gasteiger partial charge is 0.410 e. The Hall–Kier alpha value is -5.29. The zero-order chi connectivity index (χ0) is 47.1. The van der Waals surface area contributed by atoms with Crippen LogP contribution in [-0.2, 0) is 46.5 Å². The van der Waals surface area contributed by atoms with E-state index in [0.717, 1.165) is 29.6 Å². The van der Waals surface area contributed by atoms with E-state index in [1.807, 2.05) is 0 Å². The first-order valence-corrected chi connectivity index (χ1v) is 23.9. The molecule has 348 valence electrons. The van der Waals surface area contributed by atoms with Crippen molar-refractivity contribution in [2.75, 3.05) is 62.5 Å². The summed E-state index contributed by atoms with van der Waals surface area (Å²) in [5.74, 6) is -2.26. The molecule has 2 fully saturated rings. The molecule has 2 aliphatic heterocycles. The Bertz CT molecular complexity index is 2400. The van der Waals surface area contributed by atoms with Crippen molar-refractivity contribution >= 4 is 65.8 Å². The molecule has 0 saturated carbocycles. The van der Waals surface area contributed by atoms with Gasteiger partial charge in [-0.05, 0) is 87.7 Å². The Kier molecular flexibility index (Phi) is 18.9. The summed E-state index contributed by atoms with van der Waals surface area (Å²) in [6, 6.07) is 14.6. The lowest BCUT2D eigenvalue weighted by Gasteiger charge is -2.34. The number of carbonyl (C=O) groups excluding carboxylic acids is 3. The third-order valence-corrected chi connectivity index (χ3v) is 13.5. The van der Waals surface area contributed by atoms with Crippen molar-refractivity contribution in [2.45, 2.75) is 57.5 Å². The summed E-state index contributed by atoms with van der Waals surface area (Å²) in [7, 11) is -5.04. The van der Waals surface area contributed by atoms with Gasteiger partial charge in [-0.15, -0.1) is 0 Å². The van der Waals surface area contributed by atoms with Crippen LogP contribution in [0, 0.1) is 11.6 Å². The lowest BCUT2D eigenvalue weighted by Crippen LogP contribution is -2.52. The Balaban J connectivity index is 0.000000224. The number of amides is 1. The molecule has 4 aromatic rings. The van der Waals surface area contributed by atoms with Gasteiger partial charge in [0.1, 0.15) is 17.2 Å². The minimum atomic E-state index is -3.85. The van der Waals surface area contributed by atoms with Gasteiger partial charge in [0.05, 0.1) is 55.7 Å². The summed E-state index contributed by atoms with van der Waals surface area (Å²) < 4.78 is 99.5. The average Bonchev–Trinajstić information content (AvgIpc) is 3.28. The van der Waals surface area contributed by atoms with Crippen LogP contribution in [0.3, 0.4) is 0 Å². The molecule has 0 spiro atoms. The Morgan fingerprint density at radius 2 is 1.30 bits per heavy atom. The quantitative estimate of drug-likeness (QED) is 0.0969. The highest BCUT2D eigenvalue weighted by atomic mass is 79.9. The maximum Gasteiger partial charge on any atom is 0.410 e. The number of carbonyl (C=O) groups is 3. The number of nitrogens with one attached hydrogen (secondary N) is 1. The van der Waals surface area contributed by atoms with Gasteiger partial charge in [-0.2, -0.15) is 25.4 Å². The van der Waals surface area contributed by atoms with E-state index in [1.165, 1.54) is 64.4 Å². The fourth-order valence-electron chi connectivity index (χ4n) is 6.09. The number of piperazine rings is 1. The number of hydrogen-bond acceptors (Lipinski definition) is 12. The second kappa shape index (κ2) is 23.6. The monoisotopic (exact) mass is 995 g/mol. The summed E-state index contributed by atoms with van der Waals surface area (Å²) in [5.41, 5.74) is 1.15.